The van der Waals surface area contributed by atoms with Crippen LogP contribution in [0.5, 0.6) is 5.75 Å². The van der Waals surface area contributed by atoms with Gasteiger partial charge in [0.25, 0.3) is 0 Å². The predicted octanol–water partition coefficient (Wildman–Crippen LogP) is 2.88. The van der Waals surface area contributed by atoms with E-state index in [4.69, 9.17) is 16.3 Å². The molecule has 4 heteroatoms. The fourth-order valence-electron chi connectivity index (χ4n) is 1.96. The molecule has 2 aromatic rings. The largest absolute Gasteiger partial charge is 0.490 e. The van der Waals surface area contributed by atoms with Crippen molar-refractivity contribution < 1.29 is 4.74 Å². The lowest BCUT2D eigenvalue weighted by Crippen LogP contribution is -2.46. The second kappa shape index (κ2) is 6.62. The molecule has 0 aliphatic carbocycles. The van der Waals surface area contributed by atoms with E-state index in [1.165, 1.54) is 6.42 Å². The number of benzene rings is 1. The number of pyridine rings is 1. The van der Waals surface area contributed by atoms with Gasteiger partial charge in [-0.25, -0.2) is 0 Å². The van der Waals surface area contributed by atoms with Crippen LogP contribution in [0.2, 0.25) is 5.02 Å². The molecule has 1 aromatic carbocycles. The zero-order valence-electron chi connectivity index (χ0n) is 11.5. The fourth-order valence-corrected chi connectivity index (χ4v) is 2.15. The lowest BCUT2D eigenvalue weighted by molar-refractivity contribution is 0.217. The summed E-state index contributed by atoms with van der Waals surface area (Å²) in [6, 6.07) is 9.85. The van der Waals surface area contributed by atoms with Gasteiger partial charge in [0.2, 0.25) is 0 Å². The van der Waals surface area contributed by atoms with Crippen molar-refractivity contribution in [2.75, 3.05) is 13.2 Å². The standard InChI is InChI=1S/C17H15ClN2O/c18-15-3-1-2-13(8-15)4-5-14-9-17(11-19-10-14)21-12-16-6-7-20-16/h1-3,8-11,16,20H,6-7,12H2. The molecular formula is C17H15ClN2O. The van der Waals surface area contributed by atoms with Crippen molar-refractivity contribution in [2.24, 2.45) is 0 Å². The van der Waals surface area contributed by atoms with Crippen molar-refractivity contribution in [1.82, 2.24) is 10.3 Å². The van der Waals surface area contributed by atoms with Gasteiger partial charge in [0.1, 0.15) is 12.4 Å². The fraction of sp³-hybridized carbons (Fsp3) is 0.235. The maximum absolute atomic E-state index is 5.94. The molecule has 0 saturated carbocycles. The van der Waals surface area contributed by atoms with Crippen LogP contribution >= 0.6 is 11.6 Å². The first-order chi connectivity index (χ1) is 10.3. The molecule has 3 rings (SSSR count). The molecule has 1 N–H and O–H groups in total. The average molecular weight is 299 g/mol. The maximum Gasteiger partial charge on any atom is 0.138 e. The molecule has 2 heterocycles. The van der Waals surface area contributed by atoms with Crippen LogP contribution in [0.4, 0.5) is 0 Å². The van der Waals surface area contributed by atoms with Crippen molar-refractivity contribution in [3.05, 3.63) is 58.9 Å². The monoisotopic (exact) mass is 298 g/mol. The van der Waals surface area contributed by atoms with E-state index in [0.717, 1.165) is 23.4 Å². The third-order valence-electron chi connectivity index (χ3n) is 3.27. The molecule has 1 aromatic heterocycles. The van der Waals surface area contributed by atoms with Gasteiger partial charge in [-0.3, -0.25) is 4.98 Å². The molecule has 1 saturated heterocycles. The molecule has 0 spiro atoms. The zero-order valence-corrected chi connectivity index (χ0v) is 12.2. The number of hydrogen-bond acceptors (Lipinski definition) is 3. The molecule has 3 nitrogen and oxygen atoms in total. The van der Waals surface area contributed by atoms with Gasteiger partial charge in [0.05, 0.1) is 6.20 Å². The van der Waals surface area contributed by atoms with Crippen LogP contribution in [-0.2, 0) is 0 Å². The Bertz CT molecular complexity index is 686. The SMILES string of the molecule is Clc1cccc(C#Cc2cncc(OCC3CCN3)c2)c1. The van der Waals surface area contributed by atoms with Crippen molar-refractivity contribution in [1.29, 1.82) is 0 Å². The van der Waals surface area contributed by atoms with E-state index in [1.807, 2.05) is 30.3 Å². The van der Waals surface area contributed by atoms with E-state index < -0.39 is 0 Å². The summed E-state index contributed by atoms with van der Waals surface area (Å²) < 4.78 is 5.71. The molecule has 1 fully saturated rings. The van der Waals surface area contributed by atoms with E-state index in [-0.39, 0.29) is 0 Å². The van der Waals surface area contributed by atoms with Crippen LogP contribution in [0.25, 0.3) is 0 Å². The topological polar surface area (TPSA) is 34.1 Å². The summed E-state index contributed by atoms with van der Waals surface area (Å²) in [5.41, 5.74) is 1.71. The van der Waals surface area contributed by atoms with E-state index >= 15 is 0 Å². The summed E-state index contributed by atoms with van der Waals surface area (Å²) in [6.07, 6.45) is 4.61. The maximum atomic E-state index is 5.94. The smallest absolute Gasteiger partial charge is 0.138 e. The van der Waals surface area contributed by atoms with Gasteiger partial charge in [-0.05, 0) is 37.2 Å². The molecular weight excluding hydrogens is 284 g/mol. The highest BCUT2D eigenvalue weighted by molar-refractivity contribution is 6.30. The Morgan fingerprint density at radius 2 is 2.10 bits per heavy atom. The Balaban J connectivity index is 1.68. The van der Waals surface area contributed by atoms with Gasteiger partial charge < -0.3 is 10.1 Å². The van der Waals surface area contributed by atoms with Crippen LogP contribution < -0.4 is 10.1 Å². The summed E-state index contributed by atoms with van der Waals surface area (Å²) >= 11 is 5.94. The number of halogens is 1. The third-order valence-corrected chi connectivity index (χ3v) is 3.50. The van der Waals surface area contributed by atoms with Crippen molar-refractivity contribution in [3.63, 3.8) is 0 Å². The summed E-state index contributed by atoms with van der Waals surface area (Å²) in [5, 5.41) is 3.98. The molecule has 0 radical (unpaired) electrons. The minimum Gasteiger partial charge on any atom is -0.490 e. The van der Waals surface area contributed by atoms with E-state index in [1.54, 1.807) is 12.4 Å². The Morgan fingerprint density at radius 1 is 1.24 bits per heavy atom. The van der Waals surface area contributed by atoms with Gasteiger partial charge >= 0.3 is 0 Å². The first-order valence-electron chi connectivity index (χ1n) is 6.88. The number of rotatable bonds is 3. The van der Waals surface area contributed by atoms with Gasteiger partial charge in [-0.1, -0.05) is 29.5 Å². The molecule has 21 heavy (non-hydrogen) atoms. The van der Waals surface area contributed by atoms with Crippen LogP contribution in [0, 0.1) is 11.8 Å². The van der Waals surface area contributed by atoms with Crippen molar-refractivity contribution in [2.45, 2.75) is 12.5 Å². The summed E-state index contributed by atoms with van der Waals surface area (Å²) in [5.74, 6) is 6.90. The second-order valence-electron chi connectivity index (χ2n) is 4.92. The highest BCUT2D eigenvalue weighted by Crippen LogP contribution is 2.13. The summed E-state index contributed by atoms with van der Waals surface area (Å²) in [7, 11) is 0. The Labute approximate surface area is 129 Å². The predicted molar refractivity (Wildman–Crippen MR) is 83.6 cm³/mol. The lowest BCUT2D eigenvalue weighted by Gasteiger charge is -2.27. The molecule has 1 aliphatic rings. The minimum atomic E-state index is 0.464. The number of nitrogens with zero attached hydrogens (tertiary/aromatic N) is 1. The minimum absolute atomic E-state index is 0.464. The quantitative estimate of drug-likeness (QED) is 0.885. The molecule has 0 bridgehead atoms. The van der Waals surface area contributed by atoms with Gasteiger partial charge in [-0.2, -0.15) is 0 Å². The summed E-state index contributed by atoms with van der Waals surface area (Å²) in [6.45, 7) is 1.75. The molecule has 1 unspecified atom stereocenters. The van der Waals surface area contributed by atoms with Gasteiger partial charge in [0.15, 0.2) is 0 Å². The Morgan fingerprint density at radius 3 is 2.86 bits per heavy atom. The average Bonchev–Trinajstić information content (AvgIpc) is 2.44. The van der Waals surface area contributed by atoms with Gasteiger partial charge in [0, 0.05) is 28.4 Å². The number of hydrogen-bond donors (Lipinski definition) is 1. The Kier molecular flexibility index (Phi) is 4.40. The number of nitrogens with one attached hydrogen (secondary N) is 1. The number of aromatic nitrogens is 1. The third kappa shape index (κ3) is 3.98. The lowest BCUT2D eigenvalue weighted by atomic mass is 10.1. The first kappa shape index (κ1) is 13.9. The van der Waals surface area contributed by atoms with Crippen molar-refractivity contribution in [3.8, 4) is 17.6 Å². The Hall–Kier alpha value is -2.02. The van der Waals surface area contributed by atoms with E-state index in [2.05, 4.69) is 22.1 Å². The molecule has 1 atom stereocenters. The molecule has 1 aliphatic heterocycles. The van der Waals surface area contributed by atoms with E-state index in [9.17, 15) is 0 Å². The van der Waals surface area contributed by atoms with Crippen molar-refractivity contribution >= 4 is 11.6 Å². The molecule has 106 valence electrons. The zero-order chi connectivity index (χ0) is 14.5. The summed E-state index contributed by atoms with van der Waals surface area (Å²) in [4.78, 5) is 4.16. The second-order valence-corrected chi connectivity index (χ2v) is 5.36. The van der Waals surface area contributed by atoms with Crippen LogP contribution in [-0.4, -0.2) is 24.2 Å². The first-order valence-corrected chi connectivity index (χ1v) is 7.26. The van der Waals surface area contributed by atoms with Crippen LogP contribution in [0.3, 0.4) is 0 Å². The van der Waals surface area contributed by atoms with Crippen LogP contribution in [0.15, 0.2) is 42.7 Å². The van der Waals surface area contributed by atoms with E-state index in [0.29, 0.717) is 17.7 Å². The number of ether oxygens (including phenoxy) is 1. The van der Waals surface area contributed by atoms with Crippen LogP contribution in [0.1, 0.15) is 17.5 Å². The normalized spacial score (nSPS) is 16.5. The van der Waals surface area contributed by atoms with Gasteiger partial charge in [-0.15, -0.1) is 0 Å². The molecule has 0 amide bonds. The highest BCUT2D eigenvalue weighted by atomic mass is 35.5. The highest BCUT2D eigenvalue weighted by Gasteiger charge is 2.16.